The average molecular weight is 392 g/mol. The molecule has 2 nitrogen and oxygen atoms in total. The number of rotatable bonds is 6. The molecule has 0 aromatic carbocycles. The summed E-state index contributed by atoms with van der Waals surface area (Å²) in [6.45, 7) is 9.87. The van der Waals surface area contributed by atoms with Crippen LogP contribution in [0.4, 0.5) is 0 Å². The molecular weight excluding hydrogens is 370 g/mol. The fourth-order valence-electron chi connectivity index (χ4n) is 0.756. The van der Waals surface area contributed by atoms with E-state index < -0.39 is 0 Å². The Balaban J connectivity index is -0.000000256. The first-order chi connectivity index (χ1) is 8.25. The van der Waals surface area contributed by atoms with E-state index in [1.54, 1.807) is 0 Å². The maximum atomic E-state index is 4.90. The van der Waals surface area contributed by atoms with Crippen molar-refractivity contribution < 1.29 is 29.0 Å². The molecule has 0 aliphatic rings. The Bertz CT molecular complexity index is 212. The summed E-state index contributed by atoms with van der Waals surface area (Å²) in [4.78, 5) is 0. The molecule has 0 aromatic rings. The minimum absolute atomic E-state index is 0. The predicted octanol–water partition coefficient (Wildman–Crippen LogP) is 3.76. The first-order valence-corrected chi connectivity index (χ1v) is 7.56. The van der Waals surface area contributed by atoms with Crippen molar-refractivity contribution in [2.75, 3.05) is 13.2 Å². The third kappa shape index (κ3) is 32.4. The van der Waals surface area contributed by atoms with E-state index in [9.17, 15) is 0 Å². The second kappa shape index (κ2) is 16.9. The summed E-state index contributed by atoms with van der Waals surface area (Å²) in [5.74, 6) is 1.32. The second-order valence-corrected chi connectivity index (χ2v) is 6.56. The van der Waals surface area contributed by atoms with Gasteiger partial charge in [-0.15, -0.1) is 0 Å². The van der Waals surface area contributed by atoms with Gasteiger partial charge in [-0.3, -0.25) is 0 Å². The van der Waals surface area contributed by atoms with Crippen molar-refractivity contribution in [2.45, 2.75) is 40.5 Å². The topological polar surface area (TPSA) is 18.5 Å². The predicted molar refractivity (Wildman–Crippen MR) is 90.7 cm³/mol. The van der Waals surface area contributed by atoms with Gasteiger partial charge in [0.1, 0.15) is 0 Å². The maximum Gasteiger partial charge on any atom is 2.00 e. The number of thiocarbonyl (C=S) groups is 2. The van der Waals surface area contributed by atoms with Crippen LogP contribution in [0.5, 0.6) is 0 Å². The van der Waals surface area contributed by atoms with Crippen LogP contribution in [0, 0.1) is 11.8 Å². The van der Waals surface area contributed by atoms with Crippen LogP contribution in [-0.4, -0.2) is 22.0 Å². The summed E-state index contributed by atoms with van der Waals surface area (Å²) >= 11 is 18.2. The van der Waals surface area contributed by atoms with Crippen LogP contribution in [0.1, 0.15) is 40.5 Å². The molecule has 0 aliphatic heterocycles. The van der Waals surface area contributed by atoms with Crippen molar-refractivity contribution >= 4 is 58.5 Å². The summed E-state index contributed by atoms with van der Waals surface area (Å²) in [6, 6.07) is 0. The van der Waals surface area contributed by atoms with Crippen molar-refractivity contribution in [3.63, 3.8) is 0 Å². The Morgan fingerprint density at radius 2 is 1.11 bits per heavy atom. The van der Waals surface area contributed by atoms with Gasteiger partial charge >= 0.3 is 19.5 Å². The zero-order valence-corrected chi connectivity index (χ0v) is 18.4. The van der Waals surface area contributed by atoms with Crippen LogP contribution in [0.25, 0.3) is 0 Å². The van der Waals surface area contributed by atoms with Gasteiger partial charge in [-0.2, -0.15) is 0 Å². The summed E-state index contributed by atoms with van der Waals surface area (Å²) < 4.78 is 10.3. The third-order valence-electron chi connectivity index (χ3n) is 1.83. The Labute approximate surface area is 152 Å². The zero-order valence-electron chi connectivity index (χ0n) is 12.1. The van der Waals surface area contributed by atoms with Crippen molar-refractivity contribution in [3.8, 4) is 0 Å². The molecule has 0 N–H and O–H groups in total. The van der Waals surface area contributed by atoms with Gasteiger partial charge in [0, 0.05) is 8.77 Å². The largest absolute Gasteiger partial charge is 2.00 e. The molecule has 0 amide bonds. The summed E-state index contributed by atoms with van der Waals surface area (Å²) in [5.41, 5.74) is 0. The summed E-state index contributed by atoms with van der Waals surface area (Å²) in [5, 5.41) is 0. The normalized spacial score (nSPS) is 9.16. The van der Waals surface area contributed by atoms with Gasteiger partial charge in [0.2, 0.25) is 0 Å². The molecule has 0 heterocycles. The van der Waals surface area contributed by atoms with E-state index in [-0.39, 0.29) is 28.2 Å². The van der Waals surface area contributed by atoms with E-state index in [0.29, 0.717) is 25.0 Å². The van der Waals surface area contributed by atoms with E-state index in [1.165, 1.54) is 0 Å². The van der Waals surface area contributed by atoms with Crippen molar-refractivity contribution in [1.82, 2.24) is 0 Å². The van der Waals surface area contributed by atoms with Crippen LogP contribution in [0.3, 0.4) is 0 Å². The van der Waals surface area contributed by atoms with Gasteiger partial charge in [0.25, 0.3) is 0 Å². The quantitative estimate of drug-likeness (QED) is 0.387. The fraction of sp³-hybridized carbons (Fsp3) is 0.833. The molecule has 0 rings (SSSR count). The average Bonchev–Trinajstić information content (AvgIpc) is 2.15. The molecule has 0 atom stereocenters. The third-order valence-corrected chi connectivity index (χ3v) is 2.30. The smallest absolute Gasteiger partial charge is 0.514 e. The van der Waals surface area contributed by atoms with Crippen LogP contribution in [-0.2, 0) is 54.2 Å². The minimum Gasteiger partial charge on any atom is -0.514 e. The molecule has 0 spiro atoms. The monoisotopic (exact) mass is 390 g/mol. The van der Waals surface area contributed by atoms with Gasteiger partial charge in [-0.1, -0.05) is 27.7 Å². The van der Waals surface area contributed by atoms with Gasteiger partial charge in [-0.25, -0.2) is 0 Å². The Kier molecular flexibility index (Phi) is 22.1. The Morgan fingerprint density at radius 3 is 1.26 bits per heavy atom. The minimum atomic E-state index is 0. The number of hydrogen-bond acceptors (Lipinski definition) is 6. The first kappa shape index (κ1) is 24.8. The molecule has 0 aromatic heterocycles. The molecule has 0 radical (unpaired) electrons. The molecule has 108 valence electrons. The number of ether oxygens (including phenoxy) is 2. The standard InChI is InChI=1S/2C6H12OS2.Zn/c2*1-5(2)3-4-7-6(8)9;/h2*5H,3-4H2,1-2H3,(H,8,9);/q;;+2/p-2. The SMILES string of the molecule is CC(C)CCOC(=S)[S-].CC(C)CCOC(=S)[S-].[Zn+2]. The van der Waals surface area contributed by atoms with Crippen LogP contribution >= 0.6 is 24.4 Å². The molecule has 0 fully saturated rings. The van der Waals surface area contributed by atoms with Crippen molar-refractivity contribution in [2.24, 2.45) is 11.8 Å². The van der Waals surface area contributed by atoms with Crippen molar-refractivity contribution in [3.05, 3.63) is 0 Å². The van der Waals surface area contributed by atoms with Gasteiger partial charge in [0.15, 0.2) is 0 Å². The Morgan fingerprint density at radius 1 is 0.842 bits per heavy atom. The summed E-state index contributed by atoms with van der Waals surface area (Å²) in [6.07, 6.45) is 2.05. The Hall–Kier alpha value is 0.843. The maximum absolute atomic E-state index is 4.90. The van der Waals surface area contributed by atoms with E-state index in [0.717, 1.165) is 12.8 Å². The van der Waals surface area contributed by atoms with Gasteiger partial charge in [-0.05, 0) is 24.7 Å². The number of hydrogen-bond donors (Lipinski definition) is 0. The molecule has 19 heavy (non-hydrogen) atoms. The second-order valence-electron chi connectivity index (χ2n) is 4.56. The molecule has 0 unspecified atom stereocenters. The van der Waals surface area contributed by atoms with Gasteiger partial charge in [0.05, 0.1) is 13.2 Å². The molecular formula is C12H22O2S4Zn. The molecule has 7 heteroatoms. The summed E-state index contributed by atoms with van der Waals surface area (Å²) in [7, 11) is 0. The molecule has 0 saturated carbocycles. The molecule has 0 saturated heterocycles. The van der Waals surface area contributed by atoms with E-state index in [2.05, 4.69) is 77.4 Å². The first-order valence-electron chi connectivity index (χ1n) is 5.93. The molecule has 0 bridgehead atoms. The van der Waals surface area contributed by atoms with Crippen LogP contribution < -0.4 is 0 Å². The van der Waals surface area contributed by atoms with E-state index in [4.69, 9.17) is 9.47 Å². The van der Waals surface area contributed by atoms with E-state index in [1.807, 2.05) is 0 Å². The molecule has 0 aliphatic carbocycles. The van der Waals surface area contributed by atoms with Crippen LogP contribution in [0.2, 0.25) is 0 Å². The fourth-order valence-corrected chi connectivity index (χ4v) is 1.09. The van der Waals surface area contributed by atoms with Gasteiger partial charge < -0.3 is 59.2 Å². The zero-order chi connectivity index (χ0) is 14.6. The van der Waals surface area contributed by atoms with E-state index >= 15 is 0 Å². The van der Waals surface area contributed by atoms with Crippen molar-refractivity contribution in [1.29, 1.82) is 0 Å². The van der Waals surface area contributed by atoms with Crippen LogP contribution in [0.15, 0.2) is 0 Å².